The third-order valence-corrected chi connectivity index (χ3v) is 2.13. The number of carbonyl (C=O) groups is 1. The Morgan fingerprint density at radius 1 is 1.47 bits per heavy atom. The van der Waals surface area contributed by atoms with Crippen molar-refractivity contribution in [2.24, 2.45) is 0 Å². The maximum absolute atomic E-state index is 10.1. The first-order valence-corrected chi connectivity index (χ1v) is 5.24. The second-order valence-corrected chi connectivity index (χ2v) is 4.72. The number of nitrogens with zero attached hydrogens (tertiary/aromatic N) is 1. The fraction of sp³-hybridized carbons (Fsp3) is 0.900. The lowest BCUT2D eigenvalue weighted by atomic mass is 10.2. The summed E-state index contributed by atoms with van der Waals surface area (Å²) in [6.07, 6.45) is 1.78. The molecule has 15 heavy (non-hydrogen) atoms. The van der Waals surface area contributed by atoms with Crippen molar-refractivity contribution >= 4 is 5.97 Å². The van der Waals surface area contributed by atoms with Crippen LogP contribution < -0.4 is 5.32 Å². The van der Waals surface area contributed by atoms with Gasteiger partial charge in [0.25, 0.3) is 0 Å². The highest BCUT2D eigenvalue weighted by Crippen LogP contribution is 2.03. The highest BCUT2D eigenvalue weighted by molar-refractivity contribution is 5.73. The first-order valence-electron chi connectivity index (χ1n) is 5.24. The smallest absolute Gasteiger partial charge is 0.320 e. The van der Waals surface area contributed by atoms with Gasteiger partial charge in [0.15, 0.2) is 0 Å². The number of rotatable bonds is 3. The number of carboxylic acids is 1. The van der Waals surface area contributed by atoms with Gasteiger partial charge in [0, 0.05) is 0 Å². The van der Waals surface area contributed by atoms with Gasteiger partial charge in [-0.25, -0.2) is 0 Å². The summed E-state index contributed by atoms with van der Waals surface area (Å²) in [6.45, 7) is 1.97. The van der Waals surface area contributed by atoms with Crippen molar-refractivity contribution in [3.05, 3.63) is 0 Å². The molecule has 5 heteroatoms. The third kappa shape index (κ3) is 8.35. The van der Waals surface area contributed by atoms with Crippen molar-refractivity contribution in [3.63, 3.8) is 0 Å². The molecule has 3 N–H and O–H groups in total. The number of hydrogen-bond donors (Lipinski definition) is 3. The van der Waals surface area contributed by atoms with Crippen LogP contribution in [0.3, 0.4) is 0 Å². The minimum atomic E-state index is -0.720. The fourth-order valence-corrected chi connectivity index (χ4v) is 1.20. The zero-order chi connectivity index (χ0) is 11.9. The summed E-state index contributed by atoms with van der Waals surface area (Å²) in [5, 5.41) is 19.6. The SMILES string of the molecule is C[N+](C)(C)CCO.O=C(O)[C@@H]1CCCN1. The van der Waals surface area contributed by atoms with Gasteiger partial charge in [-0.3, -0.25) is 4.79 Å². The number of aliphatic hydroxyl groups excluding tert-OH is 1. The van der Waals surface area contributed by atoms with E-state index in [1.54, 1.807) is 0 Å². The molecule has 1 aliphatic heterocycles. The molecule has 1 rings (SSSR count). The number of quaternary nitrogens is 1. The predicted octanol–water partition coefficient (Wildman–Crippen LogP) is -0.492. The van der Waals surface area contributed by atoms with Crippen LogP contribution >= 0.6 is 0 Å². The van der Waals surface area contributed by atoms with Gasteiger partial charge in [0.1, 0.15) is 12.6 Å². The van der Waals surface area contributed by atoms with E-state index in [4.69, 9.17) is 10.2 Å². The van der Waals surface area contributed by atoms with Crippen LogP contribution in [0.5, 0.6) is 0 Å². The first kappa shape index (κ1) is 14.3. The zero-order valence-electron chi connectivity index (χ0n) is 9.86. The van der Waals surface area contributed by atoms with Gasteiger partial charge in [-0.15, -0.1) is 0 Å². The molecule has 0 saturated carbocycles. The maximum Gasteiger partial charge on any atom is 0.320 e. The predicted molar refractivity (Wildman–Crippen MR) is 58.6 cm³/mol. The van der Waals surface area contributed by atoms with E-state index in [-0.39, 0.29) is 12.6 Å². The van der Waals surface area contributed by atoms with Crippen molar-refractivity contribution < 1.29 is 19.5 Å². The quantitative estimate of drug-likeness (QED) is 0.560. The van der Waals surface area contributed by atoms with Crippen LogP contribution in [0.4, 0.5) is 0 Å². The molecule has 1 heterocycles. The van der Waals surface area contributed by atoms with Crippen LogP contribution in [0.2, 0.25) is 0 Å². The van der Waals surface area contributed by atoms with Crippen LogP contribution in [0.1, 0.15) is 12.8 Å². The van der Waals surface area contributed by atoms with Crippen molar-refractivity contribution in [2.45, 2.75) is 18.9 Å². The molecule has 0 spiro atoms. The summed E-state index contributed by atoms with van der Waals surface area (Å²) in [4.78, 5) is 10.1. The average Bonchev–Trinajstić information content (AvgIpc) is 2.53. The molecule has 0 bridgehead atoms. The maximum atomic E-state index is 10.1. The molecule has 1 atom stereocenters. The molecule has 1 fully saturated rings. The van der Waals surface area contributed by atoms with Crippen LogP contribution in [0.25, 0.3) is 0 Å². The Morgan fingerprint density at radius 3 is 2.20 bits per heavy atom. The number of aliphatic hydroxyl groups is 1. The van der Waals surface area contributed by atoms with Gasteiger partial charge >= 0.3 is 5.97 Å². The molecule has 5 nitrogen and oxygen atoms in total. The van der Waals surface area contributed by atoms with E-state index in [2.05, 4.69) is 26.5 Å². The second-order valence-electron chi connectivity index (χ2n) is 4.72. The Kier molecular flexibility index (Phi) is 6.47. The average molecular weight is 219 g/mol. The molecule has 0 unspecified atom stereocenters. The van der Waals surface area contributed by atoms with Crippen LogP contribution in [-0.2, 0) is 4.79 Å². The molecule has 0 aromatic carbocycles. The van der Waals surface area contributed by atoms with E-state index in [9.17, 15) is 4.79 Å². The zero-order valence-corrected chi connectivity index (χ0v) is 9.86. The largest absolute Gasteiger partial charge is 0.480 e. The highest BCUT2D eigenvalue weighted by atomic mass is 16.4. The van der Waals surface area contributed by atoms with Crippen molar-refractivity contribution in [3.8, 4) is 0 Å². The summed E-state index contributed by atoms with van der Waals surface area (Å²) < 4.78 is 0.844. The number of carboxylic acid groups (broad SMARTS) is 1. The molecule has 0 aromatic heterocycles. The van der Waals surface area contributed by atoms with E-state index in [0.717, 1.165) is 30.4 Å². The normalized spacial score (nSPS) is 20.7. The molecule has 1 aliphatic rings. The lowest BCUT2D eigenvalue weighted by molar-refractivity contribution is -0.870. The van der Waals surface area contributed by atoms with Gasteiger partial charge in [-0.05, 0) is 19.4 Å². The van der Waals surface area contributed by atoms with Crippen LogP contribution in [0, 0.1) is 0 Å². The summed E-state index contributed by atoms with van der Waals surface area (Å²) >= 11 is 0. The number of aliphatic carboxylic acids is 1. The molecular weight excluding hydrogens is 196 g/mol. The second kappa shape index (κ2) is 6.76. The summed E-state index contributed by atoms with van der Waals surface area (Å²) in [5.74, 6) is -0.720. The minimum absolute atomic E-state index is 0.269. The summed E-state index contributed by atoms with van der Waals surface area (Å²) in [6, 6.07) is -0.269. The Bertz CT molecular complexity index is 184. The lowest BCUT2D eigenvalue weighted by Crippen LogP contribution is -2.36. The topological polar surface area (TPSA) is 69.6 Å². The third-order valence-electron chi connectivity index (χ3n) is 2.13. The van der Waals surface area contributed by atoms with E-state index in [1.807, 2.05) is 0 Å². The van der Waals surface area contributed by atoms with E-state index in [0.29, 0.717) is 0 Å². The molecule has 0 aliphatic carbocycles. The lowest BCUT2D eigenvalue weighted by Gasteiger charge is -2.21. The van der Waals surface area contributed by atoms with Crippen LogP contribution in [-0.4, -0.2) is 67.5 Å². The monoisotopic (exact) mass is 219 g/mol. The van der Waals surface area contributed by atoms with E-state index >= 15 is 0 Å². The van der Waals surface area contributed by atoms with E-state index < -0.39 is 5.97 Å². The van der Waals surface area contributed by atoms with E-state index in [1.165, 1.54) is 0 Å². The Balaban J connectivity index is 0.000000265. The van der Waals surface area contributed by atoms with Gasteiger partial charge in [0.05, 0.1) is 27.7 Å². The number of nitrogens with one attached hydrogen (secondary N) is 1. The first-order chi connectivity index (χ1) is 6.87. The van der Waals surface area contributed by atoms with Crippen molar-refractivity contribution in [2.75, 3.05) is 40.8 Å². The summed E-state index contributed by atoms with van der Waals surface area (Å²) in [7, 11) is 6.16. The Hall–Kier alpha value is -0.650. The molecule has 1 saturated heterocycles. The van der Waals surface area contributed by atoms with Gasteiger partial charge in [-0.2, -0.15) is 0 Å². The van der Waals surface area contributed by atoms with Gasteiger partial charge in [-0.1, -0.05) is 0 Å². The molecule has 0 aromatic rings. The Morgan fingerprint density at radius 2 is 2.07 bits per heavy atom. The molecular formula is C10H23N2O3+. The molecule has 0 amide bonds. The highest BCUT2D eigenvalue weighted by Gasteiger charge is 2.20. The number of likely N-dealkylation sites (N-methyl/N-ethyl adjacent to an activating group) is 1. The molecule has 90 valence electrons. The Labute approximate surface area is 91.3 Å². The van der Waals surface area contributed by atoms with Crippen molar-refractivity contribution in [1.82, 2.24) is 5.32 Å². The summed E-state index contributed by atoms with van der Waals surface area (Å²) in [5.41, 5.74) is 0. The van der Waals surface area contributed by atoms with Gasteiger partial charge < -0.3 is 20.0 Å². The minimum Gasteiger partial charge on any atom is -0.480 e. The van der Waals surface area contributed by atoms with Crippen LogP contribution in [0.15, 0.2) is 0 Å². The van der Waals surface area contributed by atoms with Crippen molar-refractivity contribution in [1.29, 1.82) is 0 Å². The molecule has 0 radical (unpaired) electrons. The number of hydrogen-bond acceptors (Lipinski definition) is 3. The van der Waals surface area contributed by atoms with Gasteiger partial charge in [0.2, 0.25) is 0 Å². The fourth-order valence-electron chi connectivity index (χ4n) is 1.20. The standard InChI is InChI=1S/C5H9NO2.C5H14NO/c7-5(8)4-2-1-3-6-4;1-6(2,3)4-5-7/h4,6H,1-3H2,(H,7,8);7H,4-5H2,1-3H3/q;+1/t4-;/m0./s1.